The van der Waals surface area contributed by atoms with E-state index in [0.29, 0.717) is 16.8 Å². The molecule has 0 spiro atoms. The highest BCUT2D eigenvalue weighted by Crippen LogP contribution is 2.43. The van der Waals surface area contributed by atoms with Crippen LogP contribution in [0.3, 0.4) is 0 Å². The highest BCUT2D eigenvalue weighted by molar-refractivity contribution is 6.29. The number of carbonyl (C=O) groups excluding carboxylic acids is 2. The van der Waals surface area contributed by atoms with Crippen molar-refractivity contribution in [2.45, 2.75) is 148 Å². The van der Waals surface area contributed by atoms with Gasteiger partial charge in [0.1, 0.15) is 22.3 Å². The third-order valence-corrected chi connectivity index (χ3v) is 11.8. The predicted molar refractivity (Wildman–Crippen MR) is 194 cm³/mol. The van der Waals surface area contributed by atoms with E-state index in [1.165, 1.54) is 89.7 Å². The summed E-state index contributed by atoms with van der Waals surface area (Å²) in [6.45, 7) is 4.42. The number of aromatic nitrogens is 2. The van der Waals surface area contributed by atoms with E-state index in [1.54, 1.807) is 12.1 Å². The Bertz CT molecular complexity index is 1300. The first-order chi connectivity index (χ1) is 24.5. The molecule has 0 N–H and O–H groups in total. The molecule has 51 heavy (non-hydrogen) atoms. The Morgan fingerprint density at radius 3 is 1.65 bits per heavy atom. The van der Waals surface area contributed by atoms with Crippen molar-refractivity contribution in [2.24, 2.45) is 35.5 Å². The van der Waals surface area contributed by atoms with Crippen LogP contribution in [0.5, 0.6) is 11.5 Å². The van der Waals surface area contributed by atoms with Crippen molar-refractivity contribution in [3.05, 3.63) is 47.5 Å². The Labute approximate surface area is 308 Å². The van der Waals surface area contributed by atoms with Gasteiger partial charge in [-0.3, -0.25) is 9.59 Å². The number of hydrogen-bond donors (Lipinski definition) is 0. The third kappa shape index (κ3) is 14.0. The monoisotopic (exact) mass is 734 g/mol. The van der Waals surface area contributed by atoms with Gasteiger partial charge in [-0.05, 0) is 112 Å². The summed E-state index contributed by atoms with van der Waals surface area (Å²) in [7, 11) is 0. The quantitative estimate of drug-likeness (QED) is 0.116. The van der Waals surface area contributed by atoms with Gasteiger partial charge in [0.15, 0.2) is 0 Å². The number of ether oxygens (including phenoxy) is 2. The number of esters is 2. The van der Waals surface area contributed by atoms with Gasteiger partial charge >= 0.3 is 18.1 Å². The number of unbranched alkanes of at least 4 members (excludes halogenated alkanes) is 5. The molecule has 3 fully saturated rings. The van der Waals surface area contributed by atoms with Crippen LogP contribution in [0, 0.1) is 35.5 Å². The molecule has 2 aromatic rings. The van der Waals surface area contributed by atoms with Crippen molar-refractivity contribution in [2.75, 3.05) is 0 Å². The summed E-state index contributed by atoms with van der Waals surface area (Å²) in [5.74, 6) is 3.33. The summed E-state index contributed by atoms with van der Waals surface area (Å²) < 4.78 is 47.8. The zero-order chi connectivity index (χ0) is 36.6. The number of rotatable bonds is 13. The zero-order valence-corrected chi connectivity index (χ0v) is 31.4. The fourth-order valence-corrected chi connectivity index (χ4v) is 8.34. The maximum Gasteiger partial charge on any atom is 0.433 e. The van der Waals surface area contributed by atoms with Gasteiger partial charge in [0.05, 0.1) is 24.2 Å². The average molecular weight is 735 g/mol. The normalized spacial score (nSPS) is 25.3. The molecule has 6 nitrogen and oxygen atoms in total. The summed E-state index contributed by atoms with van der Waals surface area (Å²) in [5, 5.41) is 0.414. The number of nitrogens with zero attached hydrogens (tertiary/aromatic N) is 2. The Morgan fingerprint density at radius 1 is 0.667 bits per heavy atom. The molecule has 3 aliphatic rings. The molecule has 0 radical (unpaired) electrons. The van der Waals surface area contributed by atoms with Gasteiger partial charge in [-0.25, -0.2) is 9.97 Å². The van der Waals surface area contributed by atoms with Gasteiger partial charge in [0, 0.05) is 0 Å². The van der Waals surface area contributed by atoms with Gasteiger partial charge in [-0.15, -0.1) is 0 Å². The number of hydrogen-bond acceptors (Lipinski definition) is 6. The highest BCUT2D eigenvalue weighted by Gasteiger charge is 2.34. The molecule has 284 valence electrons. The molecule has 10 heteroatoms. The second-order valence-corrected chi connectivity index (χ2v) is 15.5. The Kier molecular flexibility index (Phi) is 17.0. The summed E-state index contributed by atoms with van der Waals surface area (Å²) in [5.41, 5.74) is -0.995. The maximum absolute atomic E-state index is 12.5. The lowest BCUT2D eigenvalue weighted by Crippen LogP contribution is -2.30. The molecule has 0 aliphatic heterocycles. The molecule has 0 saturated heterocycles. The molecule has 2 heterocycles. The Morgan fingerprint density at radius 2 is 1.16 bits per heavy atom. The van der Waals surface area contributed by atoms with Crippen LogP contribution in [-0.4, -0.2) is 21.9 Å². The van der Waals surface area contributed by atoms with Crippen LogP contribution in [0.4, 0.5) is 13.2 Å². The summed E-state index contributed by atoms with van der Waals surface area (Å²) >= 11 is 5.79. The molecular formula is C41H58ClF3N2O4. The number of alkyl halides is 3. The van der Waals surface area contributed by atoms with Crippen LogP contribution >= 0.6 is 11.6 Å². The van der Waals surface area contributed by atoms with Crippen LogP contribution in [0.25, 0.3) is 0 Å². The van der Waals surface area contributed by atoms with Gasteiger partial charge in [-0.1, -0.05) is 89.7 Å². The van der Waals surface area contributed by atoms with Crippen molar-refractivity contribution in [1.29, 1.82) is 0 Å². The van der Waals surface area contributed by atoms with Crippen LogP contribution in [-0.2, 0) is 15.8 Å². The van der Waals surface area contributed by atoms with E-state index in [4.69, 9.17) is 21.1 Å². The van der Waals surface area contributed by atoms with E-state index < -0.39 is 11.9 Å². The van der Waals surface area contributed by atoms with E-state index in [1.807, 2.05) is 0 Å². The minimum Gasteiger partial charge on any atom is -0.425 e. The lowest BCUT2D eigenvalue weighted by Gasteiger charge is -2.37. The van der Waals surface area contributed by atoms with Crippen molar-refractivity contribution in [1.82, 2.24) is 9.97 Å². The fourth-order valence-electron chi connectivity index (χ4n) is 8.22. The molecule has 3 saturated carbocycles. The molecule has 5 rings (SSSR count). The number of pyridine rings is 2. The smallest absolute Gasteiger partial charge is 0.425 e. The van der Waals surface area contributed by atoms with Crippen molar-refractivity contribution >= 4 is 23.5 Å². The van der Waals surface area contributed by atoms with Gasteiger partial charge in [0.2, 0.25) is 0 Å². The lowest BCUT2D eigenvalue weighted by molar-refractivity contribution is -0.142. The van der Waals surface area contributed by atoms with Crippen LogP contribution < -0.4 is 9.47 Å². The molecule has 0 atom stereocenters. The molecule has 0 bridgehead atoms. The first-order valence-electron chi connectivity index (χ1n) is 19.6. The van der Waals surface area contributed by atoms with Gasteiger partial charge in [0.25, 0.3) is 0 Å². The van der Waals surface area contributed by atoms with E-state index in [0.717, 1.165) is 81.0 Å². The van der Waals surface area contributed by atoms with E-state index in [-0.39, 0.29) is 29.5 Å². The second kappa shape index (κ2) is 21.1. The summed E-state index contributed by atoms with van der Waals surface area (Å²) in [6, 6.07) is 5.31. The predicted octanol–water partition coefficient (Wildman–Crippen LogP) is 12.2. The first kappa shape index (κ1) is 41.1. The van der Waals surface area contributed by atoms with Gasteiger partial charge < -0.3 is 9.47 Å². The zero-order valence-electron chi connectivity index (χ0n) is 30.6. The van der Waals surface area contributed by atoms with Gasteiger partial charge in [-0.2, -0.15) is 13.2 Å². The minimum absolute atomic E-state index is 0.0426. The van der Waals surface area contributed by atoms with Crippen molar-refractivity contribution in [3.63, 3.8) is 0 Å². The first-order valence-corrected chi connectivity index (χ1v) is 20.0. The molecule has 0 aromatic carbocycles. The van der Waals surface area contributed by atoms with Crippen LogP contribution in [0.2, 0.25) is 5.15 Å². The topological polar surface area (TPSA) is 78.4 Å². The minimum atomic E-state index is -4.49. The van der Waals surface area contributed by atoms with Crippen LogP contribution in [0.1, 0.15) is 148 Å². The Hall–Kier alpha value is -2.68. The largest absolute Gasteiger partial charge is 0.433 e. The summed E-state index contributed by atoms with van der Waals surface area (Å²) in [4.78, 5) is 31.7. The number of halogens is 4. The van der Waals surface area contributed by atoms with E-state index in [2.05, 4.69) is 23.8 Å². The fraction of sp³-hybridized carbons (Fsp3) is 0.707. The lowest BCUT2D eigenvalue weighted by atomic mass is 9.68. The van der Waals surface area contributed by atoms with Crippen LogP contribution in [0.15, 0.2) is 36.7 Å². The van der Waals surface area contributed by atoms with E-state index >= 15 is 0 Å². The van der Waals surface area contributed by atoms with E-state index in [9.17, 15) is 22.8 Å². The number of carbonyl (C=O) groups is 2. The van der Waals surface area contributed by atoms with Crippen molar-refractivity contribution < 1.29 is 32.2 Å². The molecule has 2 aromatic heterocycles. The average Bonchev–Trinajstić information content (AvgIpc) is 3.14. The SMILES string of the molecule is CCC1CCC(C(=O)Oc2ccc(C(F)(F)F)nc2)CC1.CCCCCCCCC1CCC(C2CCC(C(=O)Oc3ccc(Cl)nc3)CC2)CC1. The molecule has 3 aliphatic carbocycles. The standard InChI is InChI=1S/C26H40ClNO2.C15H18F3NO2/c1-2-3-4-5-6-7-8-20-9-11-21(12-10-20)22-13-15-23(16-14-22)26(29)30-24-17-18-25(27)28-19-24;1-2-10-3-5-11(6-4-10)14(20)21-12-7-8-13(19-9-12)15(16,17)18/h17-23H,2-16H2,1H3;7-11H,2-6H2,1H3. The summed E-state index contributed by atoms with van der Waals surface area (Å²) in [6.07, 6.45) is 22.6. The highest BCUT2D eigenvalue weighted by atomic mass is 35.5. The molecule has 0 amide bonds. The Balaban J connectivity index is 0.000000244. The third-order valence-electron chi connectivity index (χ3n) is 11.6. The van der Waals surface area contributed by atoms with Crippen molar-refractivity contribution in [3.8, 4) is 11.5 Å². The maximum atomic E-state index is 12.5. The molecule has 0 unspecified atom stereocenters. The second-order valence-electron chi connectivity index (χ2n) is 15.1. The molecular weight excluding hydrogens is 677 g/mol.